The topological polar surface area (TPSA) is 40.1 Å². The third-order valence-corrected chi connectivity index (χ3v) is 1.86. The van der Waals surface area contributed by atoms with Crippen molar-refractivity contribution in [3.8, 4) is 0 Å². The molecule has 0 aliphatic rings. The molecule has 0 N–H and O–H groups in total. The Morgan fingerprint density at radius 3 is 2.45 bits per heavy atom. The molecule has 0 bridgehead atoms. The van der Waals surface area contributed by atoms with Crippen LogP contribution >= 0.6 is 11.6 Å². The first kappa shape index (κ1) is 11.2. The van der Waals surface area contributed by atoms with Gasteiger partial charge in [0, 0.05) is 9.92 Å². The Labute approximate surface area is 84.4 Å². The zero-order chi connectivity index (χ0) is 7.56. The minimum absolute atomic E-state index is 0. The Bertz CT molecular complexity index is 267. The smallest absolute Gasteiger partial charge is 0.768 e. The number of hydrogen-bond acceptors (Lipinski definition) is 2. The first-order chi connectivity index (χ1) is 4.70. The fourth-order valence-corrected chi connectivity index (χ4v) is 1.24. The third-order valence-electron chi connectivity index (χ3n) is 0.989. The van der Waals surface area contributed by atoms with Crippen LogP contribution in [0.5, 0.6) is 0 Å². The molecule has 1 aromatic rings. The summed E-state index contributed by atoms with van der Waals surface area (Å²) >= 11 is 3.34. The Morgan fingerprint density at radius 2 is 2.09 bits per heavy atom. The summed E-state index contributed by atoms with van der Waals surface area (Å²) in [5.74, 6) is 0. The maximum absolute atomic E-state index is 10.3. The minimum atomic E-state index is -2.17. The Kier molecular flexibility index (Phi) is 5.07. The molecule has 0 saturated carbocycles. The van der Waals surface area contributed by atoms with Crippen molar-refractivity contribution in [2.45, 2.75) is 4.90 Å². The molecule has 0 heterocycles. The minimum Gasteiger partial charge on any atom is -0.768 e. The van der Waals surface area contributed by atoms with Crippen LogP contribution < -0.4 is 18.9 Å². The van der Waals surface area contributed by atoms with Crippen molar-refractivity contribution < 1.29 is 27.6 Å². The van der Waals surface area contributed by atoms with Crippen LogP contribution in [0.1, 0.15) is 0 Å². The van der Waals surface area contributed by atoms with Gasteiger partial charge in [-0.15, -0.1) is 0 Å². The molecule has 1 atom stereocenters. The fourth-order valence-electron chi connectivity index (χ4n) is 0.571. The van der Waals surface area contributed by atoms with Crippen LogP contribution in [0.15, 0.2) is 29.2 Å². The first-order valence-electron chi connectivity index (χ1n) is 2.55. The molecule has 0 aliphatic carbocycles. The Hall–Kier alpha value is 0.217. The van der Waals surface area contributed by atoms with Crippen LogP contribution in [0.2, 0.25) is 5.02 Å². The van der Waals surface area contributed by atoms with Gasteiger partial charge in [0.15, 0.2) is 0 Å². The predicted molar refractivity (Wildman–Crippen MR) is 38.6 cm³/mol. The summed E-state index contributed by atoms with van der Waals surface area (Å²) in [5, 5.41) is 0.432. The molecular formula is C6H4ClLiO2S. The average molecular weight is 183 g/mol. The molecular weight excluding hydrogens is 179 g/mol. The van der Waals surface area contributed by atoms with Crippen molar-refractivity contribution in [3.05, 3.63) is 29.3 Å². The summed E-state index contributed by atoms with van der Waals surface area (Å²) in [7, 11) is 0. The summed E-state index contributed by atoms with van der Waals surface area (Å²) < 4.78 is 20.6. The molecule has 1 aromatic carbocycles. The maximum Gasteiger partial charge on any atom is 1.00 e. The molecule has 2 nitrogen and oxygen atoms in total. The molecule has 0 aliphatic heterocycles. The standard InChI is InChI=1S/C6H5ClO2S.Li/c7-5-2-1-3-6(4-5)10(8)9;/h1-4H,(H,8,9);/q;+1/p-1. The van der Waals surface area contributed by atoms with Crippen molar-refractivity contribution in [1.82, 2.24) is 0 Å². The van der Waals surface area contributed by atoms with Gasteiger partial charge in [-0.1, -0.05) is 17.7 Å². The zero-order valence-corrected chi connectivity index (χ0v) is 7.48. The van der Waals surface area contributed by atoms with Gasteiger partial charge < -0.3 is 4.55 Å². The molecule has 0 spiro atoms. The van der Waals surface area contributed by atoms with Gasteiger partial charge in [-0.05, 0) is 29.3 Å². The summed E-state index contributed by atoms with van der Waals surface area (Å²) in [5.41, 5.74) is 0. The van der Waals surface area contributed by atoms with Gasteiger partial charge >= 0.3 is 18.9 Å². The molecule has 1 unspecified atom stereocenters. The maximum atomic E-state index is 10.3. The summed E-state index contributed by atoms with van der Waals surface area (Å²) in [6.45, 7) is 0. The van der Waals surface area contributed by atoms with E-state index in [0.29, 0.717) is 5.02 Å². The number of hydrogen-bond donors (Lipinski definition) is 0. The van der Waals surface area contributed by atoms with Crippen molar-refractivity contribution in [3.63, 3.8) is 0 Å². The predicted octanol–water partition coefficient (Wildman–Crippen LogP) is -1.42. The average Bonchev–Trinajstić information content (AvgIpc) is 1.88. The molecule has 1 rings (SSSR count). The van der Waals surface area contributed by atoms with Gasteiger partial charge in [0.2, 0.25) is 0 Å². The quantitative estimate of drug-likeness (QED) is 0.395. The zero-order valence-electron chi connectivity index (χ0n) is 5.91. The van der Waals surface area contributed by atoms with Gasteiger partial charge in [0.05, 0.1) is 0 Å². The Morgan fingerprint density at radius 1 is 1.45 bits per heavy atom. The SMILES string of the molecule is O=S([O-])c1cccc(Cl)c1.[Li+]. The van der Waals surface area contributed by atoms with Gasteiger partial charge in [-0.25, -0.2) is 0 Å². The van der Waals surface area contributed by atoms with E-state index in [-0.39, 0.29) is 23.8 Å². The van der Waals surface area contributed by atoms with Crippen molar-refractivity contribution in [1.29, 1.82) is 0 Å². The summed E-state index contributed by atoms with van der Waals surface area (Å²) in [6.07, 6.45) is 0. The van der Waals surface area contributed by atoms with Crippen LogP contribution in [-0.2, 0) is 11.1 Å². The molecule has 0 amide bonds. The van der Waals surface area contributed by atoms with E-state index < -0.39 is 11.1 Å². The van der Waals surface area contributed by atoms with E-state index in [1.165, 1.54) is 12.1 Å². The normalized spacial score (nSPS) is 11.8. The fraction of sp³-hybridized carbons (Fsp3) is 0. The van der Waals surface area contributed by atoms with Crippen molar-refractivity contribution >= 4 is 22.7 Å². The van der Waals surface area contributed by atoms with Gasteiger partial charge in [0.1, 0.15) is 0 Å². The van der Waals surface area contributed by atoms with E-state index in [4.69, 9.17) is 11.6 Å². The molecule has 0 saturated heterocycles. The number of benzene rings is 1. The van der Waals surface area contributed by atoms with Crippen LogP contribution in [0, 0.1) is 0 Å². The van der Waals surface area contributed by atoms with E-state index in [1.54, 1.807) is 12.1 Å². The second-order valence-corrected chi connectivity index (χ2v) is 3.07. The monoisotopic (exact) mass is 182 g/mol. The summed E-state index contributed by atoms with van der Waals surface area (Å²) in [4.78, 5) is 0.215. The Balaban J connectivity index is 0.000001000. The van der Waals surface area contributed by atoms with E-state index in [0.717, 1.165) is 0 Å². The van der Waals surface area contributed by atoms with Crippen molar-refractivity contribution in [2.75, 3.05) is 0 Å². The van der Waals surface area contributed by atoms with Crippen LogP contribution in [0.4, 0.5) is 0 Å². The van der Waals surface area contributed by atoms with E-state index in [2.05, 4.69) is 0 Å². The number of halogens is 1. The van der Waals surface area contributed by atoms with Gasteiger partial charge in [0.25, 0.3) is 0 Å². The van der Waals surface area contributed by atoms with Crippen LogP contribution in [-0.4, -0.2) is 8.76 Å². The van der Waals surface area contributed by atoms with E-state index in [1.807, 2.05) is 0 Å². The van der Waals surface area contributed by atoms with Crippen molar-refractivity contribution in [2.24, 2.45) is 0 Å². The largest absolute Gasteiger partial charge is 1.00 e. The molecule has 0 radical (unpaired) electrons. The van der Waals surface area contributed by atoms with E-state index in [9.17, 15) is 8.76 Å². The molecule has 5 heteroatoms. The number of rotatable bonds is 1. The second-order valence-electron chi connectivity index (χ2n) is 1.69. The molecule has 0 aromatic heterocycles. The molecule has 0 fully saturated rings. The third kappa shape index (κ3) is 3.41. The van der Waals surface area contributed by atoms with Crippen LogP contribution in [0.25, 0.3) is 0 Å². The van der Waals surface area contributed by atoms with E-state index >= 15 is 0 Å². The van der Waals surface area contributed by atoms with Gasteiger partial charge in [-0.2, -0.15) is 0 Å². The van der Waals surface area contributed by atoms with Gasteiger partial charge in [-0.3, -0.25) is 4.21 Å². The first-order valence-corrected chi connectivity index (χ1v) is 4.00. The molecule has 11 heavy (non-hydrogen) atoms. The molecule has 54 valence electrons. The van der Waals surface area contributed by atoms with Crippen LogP contribution in [0.3, 0.4) is 0 Å². The summed E-state index contributed by atoms with van der Waals surface area (Å²) in [6, 6.07) is 6.09. The second kappa shape index (κ2) is 4.97.